The Bertz CT molecular complexity index is 298. The van der Waals surface area contributed by atoms with Gasteiger partial charge in [0, 0.05) is 23.7 Å². The number of rotatable bonds is 7. The van der Waals surface area contributed by atoms with E-state index in [4.69, 9.17) is 5.73 Å². The normalized spacial score (nSPS) is 11.0. The molecule has 0 heterocycles. The van der Waals surface area contributed by atoms with Crippen LogP contribution in [0.2, 0.25) is 0 Å². The summed E-state index contributed by atoms with van der Waals surface area (Å²) in [5.41, 5.74) is 6.84. The second kappa shape index (κ2) is 7.71. The molecule has 0 aromatic heterocycles. The zero-order valence-electron chi connectivity index (χ0n) is 10.3. The minimum atomic E-state index is 0.629. The lowest BCUT2D eigenvalue weighted by atomic mass is 10.2. The van der Waals surface area contributed by atoms with Gasteiger partial charge in [0.25, 0.3) is 0 Å². The molecule has 0 saturated heterocycles. The molecule has 0 bridgehead atoms. The number of benzene rings is 1. The zero-order valence-corrected chi connectivity index (χ0v) is 11.1. The molecule has 2 N–H and O–H groups in total. The van der Waals surface area contributed by atoms with Gasteiger partial charge in [0.05, 0.1) is 0 Å². The predicted octanol–water partition coefficient (Wildman–Crippen LogP) is 2.58. The van der Waals surface area contributed by atoms with Crippen LogP contribution in [0, 0.1) is 0 Å². The van der Waals surface area contributed by atoms with Gasteiger partial charge in [0.15, 0.2) is 0 Å². The van der Waals surface area contributed by atoms with E-state index in [-0.39, 0.29) is 0 Å². The molecule has 0 unspecified atom stereocenters. The summed E-state index contributed by atoms with van der Waals surface area (Å²) in [5, 5.41) is 0. The van der Waals surface area contributed by atoms with Gasteiger partial charge < -0.3 is 10.6 Å². The fourth-order valence-electron chi connectivity index (χ4n) is 1.59. The molecule has 1 rings (SSSR count). The highest BCUT2D eigenvalue weighted by Gasteiger charge is 2.00. The molecule has 0 radical (unpaired) electrons. The summed E-state index contributed by atoms with van der Waals surface area (Å²) >= 11 is 1.91. The van der Waals surface area contributed by atoms with E-state index in [2.05, 4.69) is 43.0 Å². The van der Waals surface area contributed by atoms with Crippen molar-refractivity contribution < 1.29 is 0 Å². The van der Waals surface area contributed by atoms with Crippen molar-refractivity contribution in [2.24, 2.45) is 5.73 Å². The first-order valence-electron chi connectivity index (χ1n) is 5.94. The van der Waals surface area contributed by atoms with Crippen LogP contribution in [0.25, 0.3) is 0 Å². The average molecular weight is 238 g/mol. The van der Waals surface area contributed by atoms with Crippen molar-refractivity contribution in [3.05, 3.63) is 29.8 Å². The lowest BCUT2D eigenvalue weighted by Gasteiger charge is -2.17. The Morgan fingerprint density at radius 1 is 1.25 bits per heavy atom. The highest BCUT2D eigenvalue weighted by atomic mass is 32.2. The molecular formula is C13H22N2S. The van der Waals surface area contributed by atoms with Gasteiger partial charge in [-0.25, -0.2) is 0 Å². The standard InChI is InChI=1S/C13H22N2S/c1-3-15(4-2)8-9-16-13-7-5-6-12(10-13)11-14/h5-7,10H,3-4,8-9,11,14H2,1-2H3. The van der Waals surface area contributed by atoms with Crippen LogP contribution in [0.3, 0.4) is 0 Å². The zero-order chi connectivity index (χ0) is 11.8. The van der Waals surface area contributed by atoms with Gasteiger partial charge in [-0.1, -0.05) is 26.0 Å². The summed E-state index contributed by atoms with van der Waals surface area (Å²) in [6.45, 7) is 8.49. The molecule has 1 aromatic carbocycles. The number of nitrogens with two attached hydrogens (primary N) is 1. The van der Waals surface area contributed by atoms with Gasteiger partial charge in [-0.3, -0.25) is 0 Å². The van der Waals surface area contributed by atoms with Crippen molar-refractivity contribution in [1.82, 2.24) is 4.90 Å². The molecule has 0 spiro atoms. The smallest absolute Gasteiger partial charge is 0.0178 e. The van der Waals surface area contributed by atoms with Gasteiger partial charge in [0.1, 0.15) is 0 Å². The maximum atomic E-state index is 5.62. The van der Waals surface area contributed by atoms with Gasteiger partial charge >= 0.3 is 0 Å². The van der Waals surface area contributed by atoms with E-state index in [1.165, 1.54) is 10.5 Å². The minimum absolute atomic E-state index is 0.629. The topological polar surface area (TPSA) is 29.3 Å². The highest BCUT2D eigenvalue weighted by molar-refractivity contribution is 7.99. The summed E-state index contributed by atoms with van der Waals surface area (Å²) in [7, 11) is 0. The third-order valence-electron chi connectivity index (χ3n) is 2.70. The van der Waals surface area contributed by atoms with Crippen LogP contribution in [-0.4, -0.2) is 30.3 Å². The van der Waals surface area contributed by atoms with Crippen molar-refractivity contribution >= 4 is 11.8 Å². The van der Waals surface area contributed by atoms with Crippen LogP contribution in [0.1, 0.15) is 19.4 Å². The van der Waals surface area contributed by atoms with Crippen LogP contribution in [0.4, 0.5) is 0 Å². The molecule has 90 valence electrons. The van der Waals surface area contributed by atoms with E-state index >= 15 is 0 Å². The molecule has 3 heteroatoms. The molecule has 1 aromatic rings. The lowest BCUT2D eigenvalue weighted by Crippen LogP contribution is -2.25. The largest absolute Gasteiger partial charge is 0.326 e. The van der Waals surface area contributed by atoms with Crippen molar-refractivity contribution in [3.8, 4) is 0 Å². The van der Waals surface area contributed by atoms with Gasteiger partial charge in [-0.2, -0.15) is 0 Å². The van der Waals surface area contributed by atoms with Crippen molar-refractivity contribution in [2.75, 3.05) is 25.4 Å². The second-order valence-electron chi connectivity index (χ2n) is 3.73. The fourth-order valence-corrected chi connectivity index (χ4v) is 2.59. The summed E-state index contributed by atoms with van der Waals surface area (Å²) in [6, 6.07) is 8.51. The molecule has 2 nitrogen and oxygen atoms in total. The van der Waals surface area contributed by atoms with E-state index in [0.29, 0.717) is 6.54 Å². The number of thioether (sulfide) groups is 1. The molecule has 0 aliphatic heterocycles. The highest BCUT2D eigenvalue weighted by Crippen LogP contribution is 2.18. The van der Waals surface area contributed by atoms with Crippen molar-refractivity contribution in [3.63, 3.8) is 0 Å². The molecule has 0 fully saturated rings. The van der Waals surface area contributed by atoms with Crippen molar-refractivity contribution in [2.45, 2.75) is 25.3 Å². The van der Waals surface area contributed by atoms with Crippen LogP contribution in [-0.2, 0) is 6.54 Å². The molecule has 0 atom stereocenters. The third-order valence-corrected chi connectivity index (χ3v) is 3.68. The quantitative estimate of drug-likeness (QED) is 0.740. The maximum absolute atomic E-state index is 5.62. The molecule has 0 amide bonds. The Kier molecular flexibility index (Phi) is 6.53. The van der Waals surface area contributed by atoms with E-state index in [1.807, 2.05) is 11.8 Å². The summed E-state index contributed by atoms with van der Waals surface area (Å²) in [4.78, 5) is 3.77. The molecule has 0 aliphatic carbocycles. The Morgan fingerprint density at radius 3 is 2.62 bits per heavy atom. The lowest BCUT2D eigenvalue weighted by molar-refractivity contribution is 0.324. The van der Waals surface area contributed by atoms with Crippen LogP contribution in [0.15, 0.2) is 29.2 Å². The van der Waals surface area contributed by atoms with Crippen LogP contribution >= 0.6 is 11.8 Å². The van der Waals surface area contributed by atoms with Gasteiger partial charge in [-0.15, -0.1) is 11.8 Å². The van der Waals surface area contributed by atoms with E-state index < -0.39 is 0 Å². The second-order valence-corrected chi connectivity index (χ2v) is 4.90. The molecular weight excluding hydrogens is 216 g/mol. The van der Waals surface area contributed by atoms with Gasteiger partial charge in [0.2, 0.25) is 0 Å². The third kappa shape index (κ3) is 4.56. The van der Waals surface area contributed by atoms with Crippen LogP contribution < -0.4 is 5.73 Å². The minimum Gasteiger partial charge on any atom is -0.326 e. The number of nitrogens with zero attached hydrogens (tertiary/aromatic N) is 1. The van der Waals surface area contributed by atoms with Crippen molar-refractivity contribution in [1.29, 1.82) is 0 Å². The molecule has 0 aliphatic rings. The molecule has 16 heavy (non-hydrogen) atoms. The Hall–Kier alpha value is -0.510. The van der Waals surface area contributed by atoms with E-state index in [1.54, 1.807) is 0 Å². The summed E-state index contributed by atoms with van der Waals surface area (Å²) < 4.78 is 0. The maximum Gasteiger partial charge on any atom is 0.0178 e. The first kappa shape index (κ1) is 13.6. The monoisotopic (exact) mass is 238 g/mol. The Labute approximate surface area is 103 Å². The molecule has 0 saturated carbocycles. The summed E-state index contributed by atoms with van der Waals surface area (Å²) in [6.07, 6.45) is 0. The Balaban J connectivity index is 2.36. The van der Waals surface area contributed by atoms with E-state index in [9.17, 15) is 0 Å². The first-order valence-corrected chi connectivity index (χ1v) is 6.92. The fraction of sp³-hybridized carbons (Fsp3) is 0.538. The van der Waals surface area contributed by atoms with Gasteiger partial charge in [-0.05, 0) is 30.8 Å². The number of hydrogen-bond donors (Lipinski definition) is 1. The predicted molar refractivity (Wildman–Crippen MR) is 72.8 cm³/mol. The average Bonchev–Trinajstić information content (AvgIpc) is 2.35. The first-order chi connectivity index (χ1) is 7.80. The summed E-state index contributed by atoms with van der Waals surface area (Å²) in [5.74, 6) is 1.15. The SMILES string of the molecule is CCN(CC)CCSc1cccc(CN)c1. The van der Waals surface area contributed by atoms with Crippen LogP contribution in [0.5, 0.6) is 0 Å². The Morgan fingerprint density at radius 2 is 2.00 bits per heavy atom. The van der Waals surface area contributed by atoms with E-state index in [0.717, 1.165) is 25.4 Å². The number of hydrogen-bond acceptors (Lipinski definition) is 3.